The molecule has 0 saturated heterocycles. The number of rotatable bonds is 4. The van der Waals surface area contributed by atoms with E-state index in [-0.39, 0.29) is 10.8 Å². The monoisotopic (exact) mass is 358 g/mol. The SMILES string of the molecule is CC(C)(C)c1cc(N)cc(C(C)(C)C)c1O.CCO[P+](=O)OCC. The van der Waals surface area contributed by atoms with Crippen LogP contribution in [0.25, 0.3) is 0 Å². The molecule has 0 aromatic heterocycles. The van der Waals surface area contributed by atoms with Gasteiger partial charge < -0.3 is 10.8 Å². The number of benzene rings is 1. The van der Waals surface area contributed by atoms with Crippen LogP contribution in [0.2, 0.25) is 0 Å². The van der Waals surface area contributed by atoms with Crippen molar-refractivity contribution in [2.45, 2.75) is 66.2 Å². The molecule has 0 radical (unpaired) electrons. The fourth-order valence-electron chi connectivity index (χ4n) is 2.05. The Hall–Kier alpha value is -1.16. The molecule has 0 unspecified atom stereocenters. The third-order valence-corrected chi connectivity index (χ3v) is 4.16. The predicted molar refractivity (Wildman–Crippen MR) is 101 cm³/mol. The van der Waals surface area contributed by atoms with Gasteiger partial charge >= 0.3 is 8.25 Å². The zero-order valence-electron chi connectivity index (χ0n) is 16.3. The first kappa shape index (κ1) is 22.8. The van der Waals surface area contributed by atoms with Gasteiger partial charge in [-0.05, 0) is 36.8 Å². The average Bonchev–Trinajstić information content (AvgIpc) is 2.40. The van der Waals surface area contributed by atoms with Crippen LogP contribution in [0.3, 0.4) is 0 Å². The molecule has 1 rings (SSSR count). The van der Waals surface area contributed by atoms with E-state index in [0.717, 1.165) is 11.1 Å². The Bertz CT molecular complexity index is 502. The van der Waals surface area contributed by atoms with Crippen LogP contribution in [0.1, 0.15) is 66.5 Å². The van der Waals surface area contributed by atoms with Crippen molar-refractivity contribution in [2.75, 3.05) is 18.9 Å². The zero-order chi connectivity index (χ0) is 19.1. The highest BCUT2D eigenvalue weighted by molar-refractivity contribution is 7.33. The quantitative estimate of drug-likeness (QED) is 0.434. The second kappa shape index (κ2) is 9.36. The maximum absolute atomic E-state index is 10.3. The lowest BCUT2D eigenvalue weighted by atomic mass is 9.79. The molecule has 24 heavy (non-hydrogen) atoms. The van der Waals surface area contributed by atoms with Crippen LogP contribution in [-0.4, -0.2) is 18.3 Å². The van der Waals surface area contributed by atoms with Crippen LogP contribution < -0.4 is 5.73 Å². The molecule has 0 bridgehead atoms. The molecule has 0 aliphatic rings. The molecular formula is C18H33NO4P+. The third-order valence-electron chi connectivity index (χ3n) is 3.22. The van der Waals surface area contributed by atoms with Crippen LogP contribution in [0.5, 0.6) is 5.75 Å². The van der Waals surface area contributed by atoms with Gasteiger partial charge in [-0.3, -0.25) is 0 Å². The fraction of sp³-hybridized carbons (Fsp3) is 0.667. The highest BCUT2D eigenvalue weighted by Crippen LogP contribution is 2.40. The molecule has 3 N–H and O–H groups in total. The summed E-state index contributed by atoms with van der Waals surface area (Å²) in [5.41, 5.74) is 8.26. The van der Waals surface area contributed by atoms with Crippen LogP contribution in [0.4, 0.5) is 5.69 Å². The Morgan fingerprint density at radius 2 is 1.29 bits per heavy atom. The van der Waals surface area contributed by atoms with Crippen molar-refractivity contribution in [2.24, 2.45) is 0 Å². The minimum Gasteiger partial charge on any atom is -0.507 e. The molecule has 0 saturated carbocycles. The van der Waals surface area contributed by atoms with Crippen LogP contribution in [-0.2, 0) is 24.4 Å². The van der Waals surface area contributed by atoms with E-state index in [1.165, 1.54) is 0 Å². The summed E-state index contributed by atoms with van der Waals surface area (Å²) < 4.78 is 19.5. The summed E-state index contributed by atoms with van der Waals surface area (Å²) in [6.45, 7) is 16.9. The Morgan fingerprint density at radius 3 is 1.54 bits per heavy atom. The van der Waals surface area contributed by atoms with Crippen molar-refractivity contribution in [3.63, 3.8) is 0 Å². The Labute approximate surface area is 147 Å². The second-order valence-electron chi connectivity index (χ2n) is 7.52. The van der Waals surface area contributed by atoms with E-state index >= 15 is 0 Å². The van der Waals surface area contributed by atoms with Gasteiger partial charge in [0, 0.05) is 21.4 Å². The number of anilines is 1. The topological polar surface area (TPSA) is 81.8 Å². The smallest absolute Gasteiger partial charge is 0.507 e. The van der Waals surface area contributed by atoms with Crippen LogP contribution in [0, 0.1) is 0 Å². The highest BCUT2D eigenvalue weighted by Gasteiger charge is 2.25. The molecule has 1 aromatic rings. The number of hydrogen-bond acceptors (Lipinski definition) is 5. The van der Waals surface area contributed by atoms with E-state index < -0.39 is 8.25 Å². The minimum atomic E-state index is -1.83. The summed E-state index contributed by atoms with van der Waals surface area (Å²) in [6, 6.07) is 3.73. The minimum absolute atomic E-state index is 0.0978. The summed E-state index contributed by atoms with van der Waals surface area (Å²) in [4.78, 5) is 0. The number of aromatic hydroxyl groups is 1. The Balaban J connectivity index is 0.000000561. The number of nitrogen functional groups attached to an aromatic ring is 1. The molecule has 0 amide bonds. The first-order valence-electron chi connectivity index (χ1n) is 8.21. The summed E-state index contributed by atoms with van der Waals surface area (Å²) >= 11 is 0. The lowest BCUT2D eigenvalue weighted by Gasteiger charge is -2.27. The first-order chi connectivity index (χ1) is 10.8. The highest BCUT2D eigenvalue weighted by atomic mass is 31.1. The third kappa shape index (κ3) is 7.61. The van der Waals surface area contributed by atoms with Gasteiger partial charge in [-0.1, -0.05) is 41.5 Å². The van der Waals surface area contributed by atoms with E-state index in [0.29, 0.717) is 24.7 Å². The summed E-state index contributed by atoms with van der Waals surface area (Å²) in [7, 11) is -1.83. The Kier molecular flexibility index (Phi) is 8.90. The number of nitrogens with two attached hydrogens (primary N) is 1. The van der Waals surface area contributed by atoms with Crippen molar-refractivity contribution >= 4 is 13.9 Å². The average molecular weight is 358 g/mol. The molecule has 5 nitrogen and oxygen atoms in total. The largest absolute Gasteiger partial charge is 0.697 e. The summed E-state index contributed by atoms with van der Waals surface area (Å²) in [5.74, 6) is 0.384. The predicted octanol–water partition coefficient (Wildman–Crippen LogP) is 5.29. The van der Waals surface area contributed by atoms with Crippen LogP contribution in [0.15, 0.2) is 12.1 Å². The molecule has 6 heteroatoms. The van der Waals surface area contributed by atoms with E-state index in [4.69, 9.17) is 5.73 Å². The maximum Gasteiger partial charge on any atom is 0.697 e. The van der Waals surface area contributed by atoms with Gasteiger partial charge in [0.2, 0.25) is 0 Å². The molecule has 1 aromatic carbocycles. The molecule has 0 spiro atoms. The van der Waals surface area contributed by atoms with Gasteiger partial charge in [0.25, 0.3) is 0 Å². The van der Waals surface area contributed by atoms with Crippen molar-refractivity contribution in [1.82, 2.24) is 0 Å². The van der Waals surface area contributed by atoms with Gasteiger partial charge in [0.15, 0.2) is 0 Å². The first-order valence-corrected chi connectivity index (χ1v) is 9.30. The van der Waals surface area contributed by atoms with Gasteiger partial charge in [-0.2, -0.15) is 0 Å². The van der Waals surface area contributed by atoms with Gasteiger partial charge in [0.1, 0.15) is 19.0 Å². The van der Waals surface area contributed by atoms with Crippen molar-refractivity contribution in [3.8, 4) is 5.75 Å². The molecule has 0 atom stereocenters. The number of phenolic OH excluding ortho intramolecular Hbond substituents is 1. The maximum atomic E-state index is 10.3. The van der Waals surface area contributed by atoms with Gasteiger partial charge in [-0.25, -0.2) is 0 Å². The lowest BCUT2D eigenvalue weighted by Crippen LogP contribution is -2.17. The summed E-state index contributed by atoms with van der Waals surface area (Å²) in [5, 5.41) is 10.3. The second-order valence-corrected chi connectivity index (χ2v) is 8.49. The molecule has 0 aliphatic heterocycles. The van der Waals surface area contributed by atoms with E-state index in [1.54, 1.807) is 13.8 Å². The van der Waals surface area contributed by atoms with E-state index in [9.17, 15) is 9.67 Å². The lowest BCUT2D eigenvalue weighted by molar-refractivity contribution is 0.243. The van der Waals surface area contributed by atoms with E-state index in [2.05, 4.69) is 50.6 Å². The van der Waals surface area contributed by atoms with Gasteiger partial charge in [0.05, 0.1) is 0 Å². The normalized spacial score (nSPS) is 11.7. The van der Waals surface area contributed by atoms with Crippen LogP contribution >= 0.6 is 8.25 Å². The molecule has 0 fully saturated rings. The standard InChI is InChI=1S/C14H23NO.C4H10O3P/c1-13(2,3)10-7-9(15)8-11(12(10)16)14(4,5)6;1-3-6-8(5)7-4-2/h7-8,16H,15H2,1-6H3;3-4H2,1-2H3/q;+1. The molecule has 138 valence electrons. The summed E-state index contributed by atoms with van der Waals surface area (Å²) in [6.07, 6.45) is 0. The van der Waals surface area contributed by atoms with E-state index in [1.807, 2.05) is 12.1 Å². The molecular weight excluding hydrogens is 325 g/mol. The Morgan fingerprint density at radius 1 is 0.958 bits per heavy atom. The van der Waals surface area contributed by atoms with Crippen molar-refractivity contribution < 1.29 is 18.7 Å². The number of hydrogen-bond donors (Lipinski definition) is 2. The molecule has 0 heterocycles. The van der Waals surface area contributed by atoms with Crippen molar-refractivity contribution in [1.29, 1.82) is 0 Å². The number of phenols is 1. The van der Waals surface area contributed by atoms with Crippen molar-refractivity contribution in [3.05, 3.63) is 23.3 Å². The zero-order valence-corrected chi connectivity index (χ0v) is 17.2. The van der Waals surface area contributed by atoms with Gasteiger partial charge in [-0.15, -0.1) is 9.05 Å². The molecule has 0 aliphatic carbocycles. The fourth-order valence-corrected chi connectivity index (χ4v) is 2.54.